The minimum atomic E-state index is -0.288. The van der Waals surface area contributed by atoms with Crippen LogP contribution in [0.15, 0.2) is 18.2 Å². The molecule has 2 unspecified atom stereocenters. The van der Waals surface area contributed by atoms with Crippen LogP contribution in [-0.2, 0) is 18.3 Å². The maximum Gasteiger partial charge on any atom is 0.168 e. The lowest BCUT2D eigenvalue weighted by Gasteiger charge is -2.46. The molecular formula is C36H48F2O2. The normalized spacial score (nSPS) is 26.1. The van der Waals surface area contributed by atoms with Crippen molar-refractivity contribution in [1.29, 1.82) is 0 Å². The molecule has 0 radical (unpaired) electrons. The van der Waals surface area contributed by atoms with Gasteiger partial charge < -0.3 is 9.47 Å². The molecule has 2 aromatic rings. The van der Waals surface area contributed by atoms with Gasteiger partial charge in [-0.1, -0.05) is 47.6 Å². The number of benzene rings is 2. The van der Waals surface area contributed by atoms with Crippen molar-refractivity contribution >= 4 is 0 Å². The predicted octanol–water partition coefficient (Wildman–Crippen LogP) is 9.65. The van der Waals surface area contributed by atoms with Crippen LogP contribution >= 0.6 is 0 Å². The van der Waals surface area contributed by atoms with E-state index in [1.165, 1.54) is 36.8 Å². The summed E-state index contributed by atoms with van der Waals surface area (Å²) in [6, 6.07) is 5.88. The number of fused-ring (bicyclic) bond motifs is 2. The molecule has 2 nitrogen and oxygen atoms in total. The largest absolute Gasteiger partial charge is 0.490 e. The Bertz CT molecular complexity index is 1270. The van der Waals surface area contributed by atoms with Gasteiger partial charge in [0.2, 0.25) is 0 Å². The van der Waals surface area contributed by atoms with Gasteiger partial charge in [0.1, 0.15) is 0 Å². The molecule has 3 atom stereocenters. The summed E-state index contributed by atoms with van der Waals surface area (Å²) in [5, 5.41) is 0. The molecular weight excluding hydrogens is 502 g/mol. The van der Waals surface area contributed by atoms with Crippen LogP contribution in [0.25, 0.3) is 0 Å². The van der Waals surface area contributed by atoms with Crippen molar-refractivity contribution in [2.24, 2.45) is 23.2 Å². The second kappa shape index (κ2) is 10.3. The molecule has 2 fully saturated rings. The topological polar surface area (TPSA) is 18.5 Å². The van der Waals surface area contributed by atoms with Gasteiger partial charge >= 0.3 is 0 Å². The monoisotopic (exact) mass is 550 g/mol. The molecule has 0 aromatic heterocycles. The maximum absolute atomic E-state index is 16.6. The summed E-state index contributed by atoms with van der Waals surface area (Å²) < 4.78 is 44.4. The Kier molecular flexibility index (Phi) is 7.23. The molecule has 40 heavy (non-hydrogen) atoms. The Labute approximate surface area is 240 Å². The fourth-order valence-corrected chi connectivity index (χ4v) is 7.79. The fourth-order valence-electron chi connectivity index (χ4n) is 7.79. The van der Waals surface area contributed by atoms with E-state index in [9.17, 15) is 0 Å². The first-order chi connectivity index (χ1) is 19.0. The number of rotatable bonds is 9. The minimum Gasteiger partial charge on any atom is -0.490 e. The summed E-state index contributed by atoms with van der Waals surface area (Å²) in [5.74, 6) is 2.25. The van der Waals surface area contributed by atoms with Crippen molar-refractivity contribution in [3.05, 3.63) is 57.7 Å². The van der Waals surface area contributed by atoms with E-state index in [-0.39, 0.29) is 28.4 Å². The van der Waals surface area contributed by atoms with E-state index in [4.69, 9.17) is 9.47 Å². The van der Waals surface area contributed by atoms with Crippen LogP contribution in [0.3, 0.4) is 0 Å². The van der Waals surface area contributed by atoms with Crippen LogP contribution in [0.1, 0.15) is 126 Å². The molecule has 2 aromatic carbocycles. The zero-order valence-electron chi connectivity index (χ0n) is 25.5. The van der Waals surface area contributed by atoms with Gasteiger partial charge in [-0.2, -0.15) is 0 Å². The summed E-state index contributed by atoms with van der Waals surface area (Å²) in [7, 11) is 0. The Hall–Kier alpha value is -2.10. The molecule has 2 saturated carbocycles. The number of hydrogen-bond acceptors (Lipinski definition) is 2. The Balaban J connectivity index is 1.43. The molecule has 4 aliphatic carbocycles. The van der Waals surface area contributed by atoms with Crippen LogP contribution in [-0.4, -0.2) is 13.2 Å². The average Bonchev–Trinajstić information content (AvgIpc) is 3.83. The Morgan fingerprint density at radius 3 is 2.20 bits per heavy atom. The van der Waals surface area contributed by atoms with Gasteiger partial charge in [-0.05, 0) is 133 Å². The van der Waals surface area contributed by atoms with Crippen molar-refractivity contribution in [2.75, 3.05) is 13.2 Å². The second-order valence-electron chi connectivity index (χ2n) is 14.9. The Morgan fingerprint density at radius 2 is 1.60 bits per heavy atom. The van der Waals surface area contributed by atoms with Crippen molar-refractivity contribution in [3.63, 3.8) is 0 Å². The molecule has 0 bridgehead atoms. The van der Waals surface area contributed by atoms with E-state index in [0.717, 1.165) is 42.4 Å². The number of ether oxygens (including phenoxy) is 2. The summed E-state index contributed by atoms with van der Waals surface area (Å²) in [6.07, 6.45) is 9.03. The molecule has 218 valence electrons. The summed E-state index contributed by atoms with van der Waals surface area (Å²) in [5.41, 5.74) is 5.28. The van der Waals surface area contributed by atoms with E-state index >= 15 is 8.78 Å². The SMILES string of the molecule is CCC1(C(C)C)CC(c2cc3c(c(OCC4CC4)c2F)CC[C@H]3C(C)(C)C)Cc2cc(F)c(OCC3CC3)cc21. The lowest BCUT2D eigenvalue weighted by atomic mass is 9.58. The zero-order valence-corrected chi connectivity index (χ0v) is 25.5. The van der Waals surface area contributed by atoms with Crippen LogP contribution in [0, 0.1) is 34.8 Å². The smallest absolute Gasteiger partial charge is 0.168 e. The molecule has 0 aliphatic heterocycles. The first-order valence-corrected chi connectivity index (χ1v) is 16.0. The molecule has 0 saturated heterocycles. The lowest BCUT2D eigenvalue weighted by Crippen LogP contribution is -2.39. The molecule has 0 N–H and O–H groups in total. The van der Waals surface area contributed by atoms with Gasteiger partial charge in [0.15, 0.2) is 23.1 Å². The molecule has 6 rings (SSSR count). The van der Waals surface area contributed by atoms with Crippen LogP contribution < -0.4 is 9.47 Å². The van der Waals surface area contributed by atoms with Gasteiger partial charge in [0.25, 0.3) is 0 Å². The van der Waals surface area contributed by atoms with Crippen molar-refractivity contribution < 1.29 is 18.3 Å². The third-order valence-electron chi connectivity index (χ3n) is 10.8. The van der Waals surface area contributed by atoms with Crippen LogP contribution in [0.2, 0.25) is 0 Å². The fraction of sp³-hybridized carbons (Fsp3) is 0.667. The van der Waals surface area contributed by atoms with E-state index in [1.54, 1.807) is 6.07 Å². The van der Waals surface area contributed by atoms with Gasteiger partial charge in [-0.25, -0.2) is 8.78 Å². The third kappa shape index (κ3) is 5.07. The summed E-state index contributed by atoms with van der Waals surface area (Å²) >= 11 is 0. The maximum atomic E-state index is 16.6. The highest BCUT2D eigenvalue weighted by molar-refractivity contribution is 5.53. The lowest BCUT2D eigenvalue weighted by molar-refractivity contribution is 0.228. The van der Waals surface area contributed by atoms with E-state index in [0.29, 0.717) is 54.8 Å². The molecule has 4 aliphatic rings. The van der Waals surface area contributed by atoms with Gasteiger partial charge in [0.05, 0.1) is 13.2 Å². The molecule has 0 spiro atoms. The highest BCUT2D eigenvalue weighted by Crippen LogP contribution is 2.55. The summed E-state index contributed by atoms with van der Waals surface area (Å²) in [6.45, 7) is 14.9. The molecule has 4 heteroatoms. The first kappa shape index (κ1) is 28.0. The number of halogens is 2. The van der Waals surface area contributed by atoms with Crippen LogP contribution in [0.5, 0.6) is 11.5 Å². The first-order valence-electron chi connectivity index (χ1n) is 16.0. The van der Waals surface area contributed by atoms with Gasteiger partial charge in [-0.3, -0.25) is 0 Å². The highest BCUT2D eigenvalue weighted by Gasteiger charge is 2.45. The standard InChI is InChI=1S/C36H48F2O2/c1-7-36(21(2)3)18-25(14-24-15-31(37)32(17-30(24)36)39-19-22-8-9-22)27-16-28-26(12-13-29(28)35(4,5)6)34(33(27)38)40-20-23-10-11-23/h15-17,21-23,25,29H,7-14,18-20H2,1-6H3/t25?,29-,36?/m1/s1. The van der Waals surface area contributed by atoms with Crippen LogP contribution in [0.4, 0.5) is 8.78 Å². The van der Waals surface area contributed by atoms with Crippen molar-refractivity contribution in [2.45, 2.75) is 117 Å². The molecule has 0 heterocycles. The van der Waals surface area contributed by atoms with E-state index < -0.39 is 0 Å². The minimum absolute atomic E-state index is 0.0257. The average molecular weight is 551 g/mol. The van der Waals surface area contributed by atoms with E-state index in [2.05, 4.69) is 47.6 Å². The number of hydrogen-bond donors (Lipinski definition) is 0. The predicted molar refractivity (Wildman–Crippen MR) is 158 cm³/mol. The quantitative estimate of drug-likeness (QED) is 0.309. The second-order valence-corrected chi connectivity index (χ2v) is 14.9. The Morgan fingerprint density at radius 1 is 0.925 bits per heavy atom. The summed E-state index contributed by atoms with van der Waals surface area (Å²) in [4.78, 5) is 0. The van der Waals surface area contributed by atoms with E-state index in [1.807, 2.05) is 6.07 Å². The third-order valence-corrected chi connectivity index (χ3v) is 10.8. The highest BCUT2D eigenvalue weighted by atomic mass is 19.1. The van der Waals surface area contributed by atoms with Gasteiger partial charge in [-0.15, -0.1) is 0 Å². The van der Waals surface area contributed by atoms with Crippen molar-refractivity contribution in [1.82, 2.24) is 0 Å². The van der Waals surface area contributed by atoms with Gasteiger partial charge in [0, 0.05) is 5.56 Å². The zero-order chi connectivity index (χ0) is 28.4. The molecule has 0 amide bonds. The van der Waals surface area contributed by atoms with Crippen molar-refractivity contribution in [3.8, 4) is 11.5 Å².